The van der Waals surface area contributed by atoms with Crippen LogP contribution in [-0.2, 0) is 11.3 Å². The Hall–Kier alpha value is -0.380. The summed E-state index contributed by atoms with van der Waals surface area (Å²) < 4.78 is 6.08. The van der Waals surface area contributed by atoms with Gasteiger partial charge < -0.3 is 10.1 Å². The third-order valence-electron chi connectivity index (χ3n) is 4.53. The molecule has 2 nitrogen and oxygen atoms in total. The van der Waals surface area contributed by atoms with Crippen LogP contribution in [0, 0.1) is 6.92 Å². The van der Waals surface area contributed by atoms with Crippen molar-refractivity contribution < 1.29 is 4.74 Å². The van der Waals surface area contributed by atoms with Crippen LogP contribution in [0.4, 0.5) is 0 Å². The van der Waals surface area contributed by atoms with Crippen LogP contribution in [0.2, 0.25) is 0 Å². The van der Waals surface area contributed by atoms with Gasteiger partial charge in [-0.05, 0) is 49.6 Å². The van der Waals surface area contributed by atoms with Crippen LogP contribution >= 0.6 is 11.3 Å². The molecule has 2 heterocycles. The Labute approximate surface area is 114 Å². The molecule has 1 saturated heterocycles. The number of hydrogen-bond acceptors (Lipinski definition) is 3. The molecule has 3 heteroatoms. The second-order valence-corrected chi connectivity index (χ2v) is 6.84. The lowest BCUT2D eigenvalue weighted by atomic mass is 9.89. The van der Waals surface area contributed by atoms with E-state index in [1.54, 1.807) is 0 Å². The maximum absolute atomic E-state index is 6.08. The van der Waals surface area contributed by atoms with Crippen LogP contribution < -0.4 is 5.32 Å². The van der Waals surface area contributed by atoms with Crippen LogP contribution in [-0.4, -0.2) is 18.2 Å². The smallest absolute Gasteiger partial charge is 0.0697 e. The fourth-order valence-electron chi connectivity index (χ4n) is 3.39. The number of hydrogen-bond donors (Lipinski definition) is 1. The van der Waals surface area contributed by atoms with E-state index in [1.165, 1.54) is 49.0 Å². The molecule has 1 aromatic heterocycles. The van der Waals surface area contributed by atoms with Gasteiger partial charge in [-0.3, -0.25) is 0 Å². The zero-order chi connectivity index (χ0) is 12.4. The largest absolute Gasteiger partial charge is 0.375 e. The lowest BCUT2D eigenvalue weighted by molar-refractivity contribution is -0.0837. The Morgan fingerprint density at radius 2 is 2.28 bits per heavy atom. The van der Waals surface area contributed by atoms with E-state index in [0.717, 1.165) is 13.2 Å². The number of ether oxygens (including phenoxy) is 1. The van der Waals surface area contributed by atoms with Crippen molar-refractivity contribution in [3.63, 3.8) is 0 Å². The van der Waals surface area contributed by atoms with Crippen LogP contribution in [0.15, 0.2) is 11.4 Å². The van der Waals surface area contributed by atoms with Gasteiger partial charge in [-0.1, -0.05) is 12.8 Å². The molecule has 0 amide bonds. The molecular formula is C15H23NOS. The molecule has 3 rings (SSSR count). The molecule has 1 N–H and O–H groups in total. The van der Waals surface area contributed by atoms with Gasteiger partial charge in [0, 0.05) is 24.1 Å². The van der Waals surface area contributed by atoms with E-state index in [1.807, 2.05) is 11.3 Å². The SMILES string of the molecule is Cc1ccsc1CNC1CCOC2(CCCC2)C1. The molecule has 2 aliphatic rings. The summed E-state index contributed by atoms with van der Waals surface area (Å²) in [4.78, 5) is 1.49. The minimum Gasteiger partial charge on any atom is -0.375 e. The second kappa shape index (κ2) is 5.32. The Morgan fingerprint density at radius 3 is 3.00 bits per heavy atom. The molecule has 0 aromatic carbocycles. The summed E-state index contributed by atoms with van der Waals surface area (Å²) in [5.74, 6) is 0. The number of thiophene rings is 1. The van der Waals surface area contributed by atoms with Crippen LogP contribution in [0.5, 0.6) is 0 Å². The number of aryl methyl sites for hydroxylation is 1. The minimum atomic E-state index is 0.237. The van der Waals surface area contributed by atoms with Crippen molar-refractivity contribution in [2.45, 2.75) is 63.6 Å². The van der Waals surface area contributed by atoms with E-state index in [2.05, 4.69) is 23.7 Å². The summed E-state index contributed by atoms with van der Waals surface area (Å²) in [6.45, 7) is 4.18. The number of rotatable bonds is 3. The first-order valence-electron chi connectivity index (χ1n) is 7.18. The first-order chi connectivity index (χ1) is 8.77. The van der Waals surface area contributed by atoms with Crippen molar-refractivity contribution in [2.75, 3.05) is 6.61 Å². The second-order valence-electron chi connectivity index (χ2n) is 5.84. The lowest BCUT2D eigenvalue weighted by Gasteiger charge is -2.38. The first-order valence-corrected chi connectivity index (χ1v) is 8.06. The van der Waals surface area contributed by atoms with Crippen LogP contribution in [0.1, 0.15) is 49.0 Å². The van der Waals surface area contributed by atoms with E-state index < -0.39 is 0 Å². The van der Waals surface area contributed by atoms with Gasteiger partial charge in [0.05, 0.1) is 5.60 Å². The fourth-order valence-corrected chi connectivity index (χ4v) is 4.25. The minimum absolute atomic E-state index is 0.237. The molecule has 100 valence electrons. The molecule has 1 unspecified atom stereocenters. The van der Waals surface area contributed by atoms with Gasteiger partial charge >= 0.3 is 0 Å². The summed E-state index contributed by atoms with van der Waals surface area (Å²) in [5.41, 5.74) is 1.66. The predicted molar refractivity (Wildman–Crippen MR) is 76.1 cm³/mol. The van der Waals surface area contributed by atoms with Crippen molar-refractivity contribution >= 4 is 11.3 Å². The zero-order valence-electron chi connectivity index (χ0n) is 11.2. The summed E-state index contributed by atoms with van der Waals surface area (Å²) in [6, 6.07) is 2.86. The van der Waals surface area contributed by atoms with E-state index in [-0.39, 0.29) is 5.60 Å². The van der Waals surface area contributed by atoms with Crippen molar-refractivity contribution in [3.8, 4) is 0 Å². The van der Waals surface area contributed by atoms with Crippen LogP contribution in [0.3, 0.4) is 0 Å². The van der Waals surface area contributed by atoms with Gasteiger partial charge in [0.15, 0.2) is 0 Å². The topological polar surface area (TPSA) is 21.3 Å². The summed E-state index contributed by atoms with van der Waals surface area (Å²) >= 11 is 1.87. The van der Waals surface area contributed by atoms with Gasteiger partial charge in [-0.25, -0.2) is 0 Å². The lowest BCUT2D eigenvalue weighted by Crippen LogP contribution is -2.45. The average Bonchev–Trinajstić information content (AvgIpc) is 2.97. The van der Waals surface area contributed by atoms with Crippen molar-refractivity contribution in [3.05, 3.63) is 21.9 Å². The summed E-state index contributed by atoms with van der Waals surface area (Å²) in [5, 5.41) is 5.94. The standard InChI is InChI=1S/C15H23NOS/c1-12-5-9-18-14(12)11-16-13-4-8-17-15(10-13)6-2-3-7-15/h5,9,13,16H,2-4,6-8,10-11H2,1H3. The van der Waals surface area contributed by atoms with Gasteiger partial charge in [-0.15, -0.1) is 11.3 Å². The van der Waals surface area contributed by atoms with Gasteiger partial charge in [0.25, 0.3) is 0 Å². The van der Waals surface area contributed by atoms with Crippen LogP contribution in [0.25, 0.3) is 0 Å². The Bertz CT molecular complexity index is 395. The molecule has 2 fully saturated rings. The molecule has 1 aliphatic heterocycles. The maximum atomic E-state index is 6.08. The first kappa shape index (κ1) is 12.6. The summed E-state index contributed by atoms with van der Waals surface area (Å²) in [6.07, 6.45) is 7.67. The molecule has 1 aromatic rings. The van der Waals surface area contributed by atoms with Crippen molar-refractivity contribution in [2.24, 2.45) is 0 Å². The molecule has 18 heavy (non-hydrogen) atoms. The highest BCUT2D eigenvalue weighted by atomic mass is 32.1. The Kier molecular flexibility index (Phi) is 3.73. The molecule has 1 spiro atoms. The van der Waals surface area contributed by atoms with Gasteiger partial charge in [0.2, 0.25) is 0 Å². The van der Waals surface area contributed by atoms with Crippen molar-refractivity contribution in [1.82, 2.24) is 5.32 Å². The molecule has 1 atom stereocenters. The quantitative estimate of drug-likeness (QED) is 0.901. The highest BCUT2D eigenvalue weighted by Crippen LogP contribution is 2.40. The molecular weight excluding hydrogens is 242 g/mol. The van der Waals surface area contributed by atoms with E-state index in [0.29, 0.717) is 6.04 Å². The van der Waals surface area contributed by atoms with Gasteiger partial charge in [-0.2, -0.15) is 0 Å². The van der Waals surface area contributed by atoms with Gasteiger partial charge in [0.1, 0.15) is 0 Å². The highest BCUT2D eigenvalue weighted by molar-refractivity contribution is 7.10. The summed E-state index contributed by atoms with van der Waals surface area (Å²) in [7, 11) is 0. The molecule has 0 bridgehead atoms. The van der Waals surface area contributed by atoms with E-state index in [9.17, 15) is 0 Å². The highest BCUT2D eigenvalue weighted by Gasteiger charge is 2.39. The third-order valence-corrected chi connectivity index (χ3v) is 5.55. The Morgan fingerprint density at radius 1 is 1.44 bits per heavy atom. The molecule has 1 saturated carbocycles. The maximum Gasteiger partial charge on any atom is 0.0697 e. The van der Waals surface area contributed by atoms with Crippen molar-refractivity contribution in [1.29, 1.82) is 0 Å². The number of nitrogens with one attached hydrogen (secondary N) is 1. The zero-order valence-corrected chi connectivity index (χ0v) is 12.0. The Balaban J connectivity index is 1.55. The normalized spacial score (nSPS) is 26.8. The predicted octanol–water partition coefficient (Wildman–Crippen LogP) is 3.64. The third kappa shape index (κ3) is 2.63. The fraction of sp³-hybridized carbons (Fsp3) is 0.733. The average molecular weight is 265 g/mol. The monoisotopic (exact) mass is 265 g/mol. The van der Waals surface area contributed by atoms with E-state index in [4.69, 9.17) is 4.74 Å². The molecule has 0 radical (unpaired) electrons. The molecule has 1 aliphatic carbocycles. The van der Waals surface area contributed by atoms with E-state index >= 15 is 0 Å².